The minimum absolute atomic E-state index is 0. The fourth-order valence-corrected chi connectivity index (χ4v) is 3.26. The third-order valence-corrected chi connectivity index (χ3v) is 4.86. The number of nitrogens with zero attached hydrogens (tertiary/aromatic N) is 1. The first-order valence-corrected chi connectivity index (χ1v) is 8.71. The molecule has 0 aromatic heterocycles. The number of piperidine rings is 1. The molecule has 6 heteroatoms. The molecule has 2 atom stereocenters. The summed E-state index contributed by atoms with van der Waals surface area (Å²) in [6.07, 6.45) is 2.89. The molecule has 1 aliphatic rings. The lowest BCUT2D eigenvalue weighted by Gasteiger charge is -2.43. The molecule has 1 aliphatic heterocycles. The SMILES string of the molecule is CC1CCCN(C(C)(C)CNC(=O)CC(N)c2ccccc2)C1.Cl.Cl. The summed E-state index contributed by atoms with van der Waals surface area (Å²) in [5, 5.41) is 3.08. The molecule has 3 N–H and O–H groups in total. The lowest BCUT2D eigenvalue weighted by atomic mass is 9.93. The molecule has 4 nitrogen and oxygen atoms in total. The van der Waals surface area contributed by atoms with Crippen molar-refractivity contribution < 1.29 is 4.79 Å². The molecule has 0 spiro atoms. The number of likely N-dealkylation sites (tertiary alicyclic amines) is 1. The number of halogens is 2. The topological polar surface area (TPSA) is 58.4 Å². The predicted molar refractivity (Wildman–Crippen MR) is 110 cm³/mol. The van der Waals surface area contributed by atoms with Crippen LogP contribution in [0.25, 0.3) is 0 Å². The van der Waals surface area contributed by atoms with Crippen molar-refractivity contribution in [2.45, 2.75) is 51.6 Å². The Morgan fingerprint density at radius 3 is 2.56 bits per heavy atom. The van der Waals surface area contributed by atoms with Gasteiger partial charge in [-0.2, -0.15) is 0 Å². The first-order valence-electron chi connectivity index (χ1n) is 8.71. The number of amides is 1. The van der Waals surface area contributed by atoms with Crippen LogP contribution in [0, 0.1) is 5.92 Å². The number of carbonyl (C=O) groups excluding carboxylic acids is 1. The third kappa shape index (κ3) is 7.53. The van der Waals surface area contributed by atoms with E-state index in [-0.39, 0.29) is 42.3 Å². The second kappa shape index (κ2) is 11.0. The van der Waals surface area contributed by atoms with Gasteiger partial charge in [-0.15, -0.1) is 24.8 Å². The normalized spacial score (nSPS) is 19.3. The number of hydrogen-bond acceptors (Lipinski definition) is 3. The van der Waals surface area contributed by atoms with Crippen LogP contribution in [0.5, 0.6) is 0 Å². The van der Waals surface area contributed by atoms with Gasteiger partial charge < -0.3 is 11.1 Å². The Balaban J connectivity index is 0.00000288. The molecule has 144 valence electrons. The maximum Gasteiger partial charge on any atom is 0.221 e. The average molecular weight is 390 g/mol. The van der Waals surface area contributed by atoms with Gasteiger partial charge in [0, 0.05) is 31.1 Å². The van der Waals surface area contributed by atoms with E-state index in [9.17, 15) is 4.79 Å². The molecule has 1 amide bonds. The highest BCUT2D eigenvalue weighted by Crippen LogP contribution is 2.23. The molecule has 0 radical (unpaired) electrons. The molecule has 1 fully saturated rings. The maximum absolute atomic E-state index is 12.2. The van der Waals surface area contributed by atoms with Crippen LogP contribution in [0.15, 0.2) is 30.3 Å². The van der Waals surface area contributed by atoms with Gasteiger partial charge in [-0.25, -0.2) is 0 Å². The van der Waals surface area contributed by atoms with Crippen LogP contribution < -0.4 is 11.1 Å². The molecule has 25 heavy (non-hydrogen) atoms. The van der Waals surface area contributed by atoms with Gasteiger partial charge in [0.15, 0.2) is 0 Å². The summed E-state index contributed by atoms with van der Waals surface area (Å²) in [5.74, 6) is 0.768. The van der Waals surface area contributed by atoms with E-state index in [0.29, 0.717) is 13.0 Å². The lowest BCUT2D eigenvalue weighted by Crippen LogP contribution is -2.54. The van der Waals surface area contributed by atoms with Crippen LogP contribution in [0.1, 0.15) is 51.6 Å². The van der Waals surface area contributed by atoms with Crippen molar-refractivity contribution in [1.82, 2.24) is 10.2 Å². The molecule has 0 bridgehead atoms. The quantitative estimate of drug-likeness (QED) is 0.781. The van der Waals surface area contributed by atoms with Crippen molar-refractivity contribution in [3.05, 3.63) is 35.9 Å². The van der Waals surface area contributed by atoms with Crippen LogP contribution in [-0.4, -0.2) is 36.0 Å². The first-order chi connectivity index (χ1) is 10.9. The monoisotopic (exact) mass is 389 g/mol. The number of carbonyl (C=O) groups is 1. The maximum atomic E-state index is 12.2. The van der Waals surface area contributed by atoms with Crippen LogP contribution >= 0.6 is 24.8 Å². The molecular formula is C19H33Cl2N3O. The van der Waals surface area contributed by atoms with Crippen LogP contribution in [0.4, 0.5) is 0 Å². The van der Waals surface area contributed by atoms with Gasteiger partial charge in [0.1, 0.15) is 0 Å². The molecule has 2 unspecified atom stereocenters. The summed E-state index contributed by atoms with van der Waals surface area (Å²) in [6, 6.07) is 9.56. The van der Waals surface area contributed by atoms with Gasteiger partial charge in [0.05, 0.1) is 0 Å². The Morgan fingerprint density at radius 2 is 1.96 bits per heavy atom. The Kier molecular flexibility index (Phi) is 10.7. The Labute approximate surface area is 164 Å². The summed E-state index contributed by atoms with van der Waals surface area (Å²) in [7, 11) is 0. The van der Waals surface area contributed by atoms with Gasteiger partial charge in [-0.1, -0.05) is 37.3 Å². The van der Waals surface area contributed by atoms with Gasteiger partial charge >= 0.3 is 0 Å². The third-order valence-electron chi connectivity index (χ3n) is 4.86. The zero-order chi connectivity index (χ0) is 16.9. The molecule has 1 saturated heterocycles. The summed E-state index contributed by atoms with van der Waals surface area (Å²) in [4.78, 5) is 14.7. The second-order valence-corrected chi connectivity index (χ2v) is 7.50. The second-order valence-electron chi connectivity index (χ2n) is 7.50. The summed E-state index contributed by atoms with van der Waals surface area (Å²) in [6.45, 7) is 9.63. The Hall–Kier alpha value is -0.810. The van der Waals surface area contributed by atoms with Gasteiger partial charge in [0.25, 0.3) is 0 Å². The molecule has 2 rings (SSSR count). The zero-order valence-corrected chi connectivity index (χ0v) is 17.2. The molecule has 1 aromatic carbocycles. The molecule has 0 aliphatic carbocycles. The Morgan fingerprint density at radius 1 is 1.32 bits per heavy atom. The summed E-state index contributed by atoms with van der Waals surface area (Å²) in [5.41, 5.74) is 7.12. The minimum Gasteiger partial charge on any atom is -0.354 e. The van der Waals surface area contributed by atoms with Gasteiger partial charge in [-0.05, 0) is 44.7 Å². The zero-order valence-electron chi connectivity index (χ0n) is 15.5. The summed E-state index contributed by atoms with van der Waals surface area (Å²) >= 11 is 0. The highest BCUT2D eigenvalue weighted by atomic mass is 35.5. The van der Waals surface area contributed by atoms with E-state index in [1.165, 1.54) is 12.8 Å². The van der Waals surface area contributed by atoms with E-state index in [0.717, 1.165) is 24.6 Å². The van der Waals surface area contributed by atoms with Crippen molar-refractivity contribution in [1.29, 1.82) is 0 Å². The number of benzene rings is 1. The number of hydrogen-bond donors (Lipinski definition) is 2. The van der Waals surface area contributed by atoms with Crippen molar-refractivity contribution in [2.24, 2.45) is 11.7 Å². The fraction of sp³-hybridized carbons (Fsp3) is 0.632. The molecule has 1 aromatic rings. The first kappa shape index (κ1) is 24.2. The number of rotatable bonds is 6. The number of nitrogens with one attached hydrogen (secondary N) is 1. The minimum atomic E-state index is -0.241. The largest absolute Gasteiger partial charge is 0.354 e. The number of nitrogens with two attached hydrogens (primary N) is 1. The van der Waals surface area contributed by atoms with E-state index in [1.807, 2.05) is 30.3 Å². The van der Waals surface area contributed by atoms with Crippen LogP contribution in [-0.2, 0) is 4.79 Å². The van der Waals surface area contributed by atoms with E-state index in [1.54, 1.807) is 0 Å². The fourth-order valence-electron chi connectivity index (χ4n) is 3.26. The van der Waals surface area contributed by atoms with Crippen LogP contribution in [0.3, 0.4) is 0 Å². The highest BCUT2D eigenvalue weighted by molar-refractivity contribution is 5.85. The predicted octanol–water partition coefficient (Wildman–Crippen LogP) is 3.55. The molecular weight excluding hydrogens is 357 g/mol. The van der Waals surface area contributed by atoms with Crippen molar-refractivity contribution in [3.8, 4) is 0 Å². The van der Waals surface area contributed by atoms with E-state index < -0.39 is 0 Å². The molecule has 0 saturated carbocycles. The van der Waals surface area contributed by atoms with E-state index in [2.05, 4.69) is 31.0 Å². The highest BCUT2D eigenvalue weighted by Gasteiger charge is 2.30. The lowest BCUT2D eigenvalue weighted by molar-refractivity contribution is -0.122. The van der Waals surface area contributed by atoms with E-state index >= 15 is 0 Å². The van der Waals surface area contributed by atoms with Crippen LogP contribution in [0.2, 0.25) is 0 Å². The van der Waals surface area contributed by atoms with Crippen molar-refractivity contribution in [2.75, 3.05) is 19.6 Å². The standard InChI is InChI=1S/C19H31N3O.2ClH/c1-15-8-7-11-22(13-15)19(2,3)14-21-18(23)12-17(20)16-9-5-4-6-10-16;;/h4-6,9-10,15,17H,7-8,11-14,20H2,1-3H3,(H,21,23);2*1H. The van der Waals surface area contributed by atoms with Crippen molar-refractivity contribution in [3.63, 3.8) is 0 Å². The van der Waals surface area contributed by atoms with Crippen molar-refractivity contribution >= 4 is 30.7 Å². The Bertz CT molecular complexity index is 511. The summed E-state index contributed by atoms with van der Waals surface area (Å²) < 4.78 is 0. The smallest absolute Gasteiger partial charge is 0.221 e. The molecule has 1 heterocycles. The van der Waals surface area contributed by atoms with Gasteiger partial charge in [0.2, 0.25) is 5.91 Å². The average Bonchev–Trinajstić information content (AvgIpc) is 2.54. The van der Waals surface area contributed by atoms with Gasteiger partial charge in [-0.3, -0.25) is 9.69 Å². The van der Waals surface area contributed by atoms with E-state index in [4.69, 9.17) is 5.73 Å².